The first kappa shape index (κ1) is 25.8. The summed E-state index contributed by atoms with van der Waals surface area (Å²) in [5.74, 6) is 3.23. The number of nitrogens with zero attached hydrogens (tertiary/aromatic N) is 3. The lowest BCUT2D eigenvalue weighted by atomic mass is 9.88. The first-order valence-electron chi connectivity index (χ1n) is 14.8. The van der Waals surface area contributed by atoms with Crippen LogP contribution < -0.4 is 4.74 Å². The molecule has 0 saturated heterocycles. The highest BCUT2D eigenvalue weighted by atomic mass is 16.5. The van der Waals surface area contributed by atoms with Gasteiger partial charge in [-0.25, -0.2) is 9.98 Å². The van der Waals surface area contributed by atoms with Crippen LogP contribution in [0.25, 0.3) is 27.6 Å². The van der Waals surface area contributed by atoms with Crippen molar-refractivity contribution in [2.24, 2.45) is 4.99 Å². The second kappa shape index (κ2) is 9.76. The maximum atomic E-state index is 6.53. The van der Waals surface area contributed by atoms with Gasteiger partial charge in [0.1, 0.15) is 23.4 Å². The van der Waals surface area contributed by atoms with Crippen molar-refractivity contribution < 1.29 is 9.47 Å². The van der Waals surface area contributed by atoms with E-state index in [0.717, 1.165) is 58.2 Å². The number of ether oxygens (including phenoxy) is 2. The average molecular weight is 544 g/mol. The minimum absolute atomic E-state index is 0.0231. The fraction of sp³-hybridized carbons (Fsp3) is 0.333. The molecule has 0 N–H and O–H groups in total. The summed E-state index contributed by atoms with van der Waals surface area (Å²) in [5.41, 5.74) is 6.82. The van der Waals surface area contributed by atoms with Crippen molar-refractivity contribution in [2.45, 2.75) is 77.9 Å². The Labute approximate surface area is 241 Å². The minimum atomic E-state index is 0.0231. The SMILES string of the molecule is Cc1cc(Oc2ccc3c4cc(C)ccc4n(-c4cc(C(C)(C)C)ccn4)c3c2)cc(C2=N[C@H]3CCCC[C@@H]3O2)c1. The van der Waals surface area contributed by atoms with Crippen molar-refractivity contribution >= 4 is 27.7 Å². The zero-order chi connectivity index (χ0) is 28.3. The van der Waals surface area contributed by atoms with Crippen molar-refractivity contribution in [3.63, 3.8) is 0 Å². The van der Waals surface area contributed by atoms with Crippen molar-refractivity contribution in [1.29, 1.82) is 0 Å². The summed E-state index contributed by atoms with van der Waals surface area (Å²) in [6, 6.07) is 23.9. The summed E-state index contributed by atoms with van der Waals surface area (Å²) in [5, 5.41) is 2.39. The number of benzene rings is 3. The van der Waals surface area contributed by atoms with E-state index in [2.05, 4.69) is 106 Å². The van der Waals surface area contributed by atoms with Crippen molar-refractivity contribution in [2.75, 3.05) is 0 Å². The van der Waals surface area contributed by atoms with Gasteiger partial charge in [0.05, 0.1) is 17.1 Å². The molecule has 2 aromatic heterocycles. The molecule has 0 spiro atoms. The summed E-state index contributed by atoms with van der Waals surface area (Å²) in [7, 11) is 0. The summed E-state index contributed by atoms with van der Waals surface area (Å²) < 4.78 is 15.1. The fourth-order valence-electron chi connectivity index (χ4n) is 6.33. The van der Waals surface area contributed by atoms with Crippen LogP contribution >= 0.6 is 0 Å². The molecule has 1 aliphatic carbocycles. The van der Waals surface area contributed by atoms with Gasteiger partial charge in [0.2, 0.25) is 5.90 Å². The molecular weight excluding hydrogens is 506 g/mol. The molecular formula is C36H37N3O2. The van der Waals surface area contributed by atoms with E-state index in [1.165, 1.54) is 34.7 Å². The molecule has 3 aromatic carbocycles. The van der Waals surface area contributed by atoms with E-state index in [0.29, 0.717) is 6.04 Å². The van der Waals surface area contributed by atoms with E-state index in [-0.39, 0.29) is 11.5 Å². The Morgan fingerprint density at radius 3 is 2.49 bits per heavy atom. The van der Waals surface area contributed by atoms with E-state index >= 15 is 0 Å². The Hall–Kier alpha value is -4.12. The third-order valence-electron chi connectivity index (χ3n) is 8.48. The Morgan fingerprint density at radius 1 is 0.805 bits per heavy atom. The number of aromatic nitrogens is 2. The molecule has 1 fully saturated rings. The van der Waals surface area contributed by atoms with Gasteiger partial charge in [-0.3, -0.25) is 4.57 Å². The molecule has 2 atom stereocenters. The molecule has 0 radical (unpaired) electrons. The molecule has 7 rings (SSSR count). The van der Waals surface area contributed by atoms with Crippen LogP contribution in [0.1, 0.15) is 68.7 Å². The number of pyridine rings is 1. The van der Waals surface area contributed by atoms with Crippen molar-refractivity contribution in [1.82, 2.24) is 9.55 Å². The highest BCUT2D eigenvalue weighted by Gasteiger charge is 2.33. The molecule has 2 aliphatic rings. The first-order chi connectivity index (χ1) is 19.7. The van der Waals surface area contributed by atoms with E-state index in [4.69, 9.17) is 19.5 Å². The molecule has 5 aromatic rings. The summed E-state index contributed by atoms with van der Waals surface area (Å²) >= 11 is 0. The zero-order valence-corrected chi connectivity index (χ0v) is 24.6. The topological polar surface area (TPSA) is 48.6 Å². The molecule has 5 nitrogen and oxygen atoms in total. The van der Waals surface area contributed by atoms with Crippen LogP contribution in [0.15, 0.2) is 77.9 Å². The minimum Gasteiger partial charge on any atom is -0.472 e. The second-order valence-electron chi connectivity index (χ2n) is 12.8. The lowest BCUT2D eigenvalue weighted by molar-refractivity contribution is 0.153. The predicted molar refractivity (Wildman–Crippen MR) is 167 cm³/mol. The number of aliphatic imine (C=N–C) groups is 1. The van der Waals surface area contributed by atoms with Crippen LogP contribution in [0, 0.1) is 13.8 Å². The number of aryl methyl sites for hydroxylation is 2. The highest BCUT2D eigenvalue weighted by molar-refractivity contribution is 6.09. The van der Waals surface area contributed by atoms with Gasteiger partial charge in [-0.05, 0) is 104 Å². The highest BCUT2D eigenvalue weighted by Crippen LogP contribution is 2.37. The fourth-order valence-corrected chi connectivity index (χ4v) is 6.33. The summed E-state index contributed by atoms with van der Waals surface area (Å²) in [6.07, 6.45) is 6.81. The predicted octanol–water partition coefficient (Wildman–Crippen LogP) is 8.97. The lowest BCUT2D eigenvalue weighted by Crippen LogP contribution is -2.26. The summed E-state index contributed by atoms with van der Waals surface area (Å²) in [6.45, 7) is 10.9. The molecule has 0 bridgehead atoms. The monoisotopic (exact) mass is 543 g/mol. The van der Waals surface area contributed by atoms with Crippen LogP contribution in [0.3, 0.4) is 0 Å². The Morgan fingerprint density at radius 2 is 1.66 bits per heavy atom. The van der Waals surface area contributed by atoms with E-state index in [1.54, 1.807) is 0 Å². The van der Waals surface area contributed by atoms with Gasteiger partial charge in [-0.1, -0.05) is 38.8 Å². The standard InChI is InChI=1S/C36H37N3O2/c1-22-10-13-31-29(18-22)28-12-11-26(21-32(28)39(31)34-20-25(14-15-37-34)36(3,4)5)40-27-17-23(2)16-24(19-27)35-38-30-8-6-7-9-33(30)41-35/h10-21,30,33H,6-9H2,1-5H3/t30-,33-/m0/s1. The largest absolute Gasteiger partial charge is 0.472 e. The quantitative estimate of drug-likeness (QED) is 0.227. The molecule has 0 amide bonds. The van der Waals surface area contributed by atoms with E-state index in [9.17, 15) is 0 Å². The first-order valence-corrected chi connectivity index (χ1v) is 14.8. The Balaban J connectivity index is 1.30. The number of fused-ring (bicyclic) bond motifs is 4. The van der Waals surface area contributed by atoms with Gasteiger partial charge in [0, 0.05) is 28.6 Å². The van der Waals surface area contributed by atoms with Crippen molar-refractivity contribution in [3.05, 3.63) is 95.2 Å². The normalized spacial score (nSPS) is 18.8. The third kappa shape index (κ3) is 4.77. The molecule has 1 aliphatic heterocycles. The van der Waals surface area contributed by atoms with Gasteiger partial charge >= 0.3 is 0 Å². The maximum Gasteiger partial charge on any atom is 0.216 e. The van der Waals surface area contributed by atoms with Gasteiger partial charge in [-0.2, -0.15) is 0 Å². The lowest BCUT2D eigenvalue weighted by Gasteiger charge is -2.22. The van der Waals surface area contributed by atoms with Crippen molar-refractivity contribution in [3.8, 4) is 17.3 Å². The maximum absolute atomic E-state index is 6.53. The number of rotatable bonds is 4. The Kier molecular flexibility index (Phi) is 6.15. The molecule has 1 saturated carbocycles. The van der Waals surface area contributed by atoms with Crippen LogP contribution in [0.5, 0.6) is 11.5 Å². The smallest absolute Gasteiger partial charge is 0.216 e. The molecule has 41 heavy (non-hydrogen) atoms. The molecule has 5 heteroatoms. The second-order valence-corrected chi connectivity index (χ2v) is 12.8. The van der Waals surface area contributed by atoms with E-state index < -0.39 is 0 Å². The number of hydrogen-bond donors (Lipinski definition) is 0. The van der Waals surface area contributed by atoms with Gasteiger partial charge in [0.15, 0.2) is 0 Å². The van der Waals surface area contributed by atoms with E-state index in [1.807, 2.05) is 6.20 Å². The van der Waals surface area contributed by atoms with Crippen LogP contribution in [0.4, 0.5) is 0 Å². The summed E-state index contributed by atoms with van der Waals surface area (Å²) in [4.78, 5) is 9.76. The van der Waals surface area contributed by atoms with Gasteiger partial charge in [-0.15, -0.1) is 0 Å². The zero-order valence-electron chi connectivity index (χ0n) is 24.6. The molecule has 208 valence electrons. The van der Waals surface area contributed by atoms with Gasteiger partial charge < -0.3 is 9.47 Å². The number of hydrogen-bond acceptors (Lipinski definition) is 4. The van der Waals surface area contributed by atoms with Crippen LogP contribution in [-0.4, -0.2) is 27.6 Å². The Bertz CT molecular complexity index is 1820. The van der Waals surface area contributed by atoms with Crippen LogP contribution in [-0.2, 0) is 10.2 Å². The molecule has 0 unspecified atom stereocenters. The van der Waals surface area contributed by atoms with Crippen LogP contribution in [0.2, 0.25) is 0 Å². The molecule has 3 heterocycles. The third-order valence-corrected chi connectivity index (χ3v) is 8.48. The van der Waals surface area contributed by atoms with Gasteiger partial charge in [0.25, 0.3) is 0 Å². The average Bonchev–Trinajstić information content (AvgIpc) is 3.51.